The molecule has 4 aromatic rings. The zero-order valence-corrected chi connectivity index (χ0v) is 23.3. The molecule has 1 aromatic carbocycles. The Labute approximate surface area is 222 Å². The van der Waals surface area contributed by atoms with Gasteiger partial charge in [-0.05, 0) is 49.4 Å². The molecule has 3 aromatic heterocycles. The van der Waals surface area contributed by atoms with Crippen molar-refractivity contribution in [1.82, 2.24) is 29.2 Å². The molecule has 1 N–H and O–H groups in total. The van der Waals surface area contributed by atoms with Gasteiger partial charge in [0.25, 0.3) is 5.56 Å². The normalized spacial score (nSPS) is 15.7. The first-order valence-corrected chi connectivity index (χ1v) is 13.0. The number of likely N-dealkylation sites (N-methyl/N-ethyl adjacent to an activating group) is 1. The van der Waals surface area contributed by atoms with Crippen molar-refractivity contribution in [2.24, 2.45) is 0 Å². The summed E-state index contributed by atoms with van der Waals surface area (Å²) in [6.07, 6.45) is 3.37. The number of benzene rings is 1. The van der Waals surface area contributed by atoms with Gasteiger partial charge in [0.15, 0.2) is 5.65 Å². The van der Waals surface area contributed by atoms with Crippen LogP contribution in [0.4, 0.5) is 11.6 Å². The van der Waals surface area contributed by atoms with E-state index in [1.807, 2.05) is 29.8 Å². The van der Waals surface area contributed by atoms with Gasteiger partial charge in [0.1, 0.15) is 5.39 Å². The zero-order valence-electron chi connectivity index (χ0n) is 22.6. The molecule has 0 aliphatic carbocycles. The summed E-state index contributed by atoms with van der Waals surface area (Å²) in [7, 11) is 2.12. The monoisotopic (exact) mass is 519 g/mol. The standard InChI is InChI=1S/C28H34ClN7O/c1-8-35-25(37)20-14-31-26(33-24(20)36(35)19-9-10-30-22(13-19)27(2,3)4)32-18-11-17-15-34(7)16-28(5,6)23(17)21(29)12-18/h9-14H,8,15-16H2,1-7H3,(H,31,32,33). The Morgan fingerprint density at radius 1 is 1.16 bits per heavy atom. The number of nitrogens with one attached hydrogen (secondary N) is 1. The van der Waals surface area contributed by atoms with Crippen LogP contribution in [0.25, 0.3) is 16.7 Å². The van der Waals surface area contributed by atoms with Crippen LogP contribution in [0.1, 0.15) is 58.4 Å². The summed E-state index contributed by atoms with van der Waals surface area (Å²) in [5, 5.41) is 4.53. The fraction of sp³-hybridized carbons (Fsp3) is 0.429. The van der Waals surface area contributed by atoms with Gasteiger partial charge < -0.3 is 10.2 Å². The van der Waals surface area contributed by atoms with Crippen LogP contribution < -0.4 is 10.9 Å². The Balaban J connectivity index is 1.61. The fourth-order valence-corrected chi connectivity index (χ4v) is 5.94. The van der Waals surface area contributed by atoms with Crippen LogP contribution in [0, 0.1) is 0 Å². The van der Waals surface area contributed by atoms with Gasteiger partial charge in [0, 0.05) is 59.3 Å². The van der Waals surface area contributed by atoms with E-state index in [-0.39, 0.29) is 16.4 Å². The number of fused-ring (bicyclic) bond motifs is 2. The Hall–Kier alpha value is -3.23. The molecule has 194 valence electrons. The van der Waals surface area contributed by atoms with E-state index in [4.69, 9.17) is 16.6 Å². The Morgan fingerprint density at radius 3 is 2.62 bits per heavy atom. The highest BCUT2D eigenvalue weighted by atomic mass is 35.5. The third kappa shape index (κ3) is 4.53. The molecule has 0 saturated heterocycles. The van der Waals surface area contributed by atoms with Crippen molar-refractivity contribution in [2.75, 3.05) is 18.9 Å². The minimum atomic E-state index is -0.133. The summed E-state index contributed by atoms with van der Waals surface area (Å²) in [4.78, 5) is 29.3. The van der Waals surface area contributed by atoms with Crippen molar-refractivity contribution in [3.63, 3.8) is 0 Å². The van der Waals surface area contributed by atoms with Crippen molar-refractivity contribution in [3.05, 3.63) is 68.9 Å². The van der Waals surface area contributed by atoms with Gasteiger partial charge in [-0.25, -0.2) is 14.3 Å². The lowest BCUT2D eigenvalue weighted by molar-refractivity contribution is 0.236. The molecule has 0 bridgehead atoms. The molecule has 0 atom stereocenters. The molecule has 0 amide bonds. The van der Waals surface area contributed by atoms with Crippen LogP contribution in [0.2, 0.25) is 5.02 Å². The predicted octanol–water partition coefficient (Wildman–Crippen LogP) is 5.41. The minimum absolute atomic E-state index is 0.0388. The third-order valence-corrected chi connectivity index (χ3v) is 7.24. The highest BCUT2D eigenvalue weighted by molar-refractivity contribution is 6.32. The molecular formula is C28H34ClN7O. The summed E-state index contributed by atoms with van der Waals surface area (Å²) in [5.74, 6) is 0.402. The van der Waals surface area contributed by atoms with E-state index in [9.17, 15) is 4.79 Å². The van der Waals surface area contributed by atoms with Crippen molar-refractivity contribution >= 4 is 34.3 Å². The lowest BCUT2D eigenvalue weighted by atomic mass is 9.78. The summed E-state index contributed by atoms with van der Waals surface area (Å²) < 4.78 is 3.54. The van der Waals surface area contributed by atoms with E-state index in [2.05, 4.69) is 67.9 Å². The Morgan fingerprint density at radius 2 is 1.92 bits per heavy atom. The van der Waals surface area contributed by atoms with E-state index in [1.54, 1.807) is 17.1 Å². The van der Waals surface area contributed by atoms with Gasteiger partial charge in [0.05, 0.1) is 5.69 Å². The van der Waals surface area contributed by atoms with Crippen molar-refractivity contribution in [1.29, 1.82) is 0 Å². The average molecular weight is 520 g/mol. The number of rotatable bonds is 4. The second kappa shape index (κ2) is 8.96. The maximum Gasteiger partial charge on any atom is 0.278 e. The predicted molar refractivity (Wildman–Crippen MR) is 149 cm³/mol. The Kier molecular flexibility index (Phi) is 6.15. The molecule has 0 fully saturated rings. The van der Waals surface area contributed by atoms with E-state index >= 15 is 0 Å². The molecule has 0 radical (unpaired) electrons. The van der Waals surface area contributed by atoms with Crippen molar-refractivity contribution in [3.8, 4) is 5.69 Å². The lowest BCUT2D eigenvalue weighted by Gasteiger charge is -2.39. The van der Waals surface area contributed by atoms with Crippen LogP contribution in [0.3, 0.4) is 0 Å². The molecule has 0 spiro atoms. The molecule has 4 heterocycles. The molecule has 1 aliphatic rings. The summed E-state index contributed by atoms with van der Waals surface area (Å²) >= 11 is 6.79. The summed E-state index contributed by atoms with van der Waals surface area (Å²) in [6.45, 7) is 15.0. The smallest absolute Gasteiger partial charge is 0.278 e. The zero-order chi connectivity index (χ0) is 26.7. The summed E-state index contributed by atoms with van der Waals surface area (Å²) in [5.41, 5.74) is 5.21. The second-order valence-electron chi connectivity index (χ2n) is 11.6. The SMILES string of the molecule is CCn1c(=O)c2cnc(Nc3cc(Cl)c4c(c3)CN(C)CC4(C)C)nc2n1-c1ccnc(C(C)(C)C)c1. The number of nitrogens with zero attached hydrogens (tertiary/aromatic N) is 6. The van der Waals surface area contributed by atoms with Crippen molar-refractivity contribution < 1.29 is 0 Å². The van der Waals surface area contributed by atoms with Gasteiger partial charge in [-0.1, -0.05) is 46.2 Å². The highest BCUT2D eigenvalue weighted by Crippen LogP contribution is 2.39. The number of pyridine rings is 1. The van der Waals surface area contributed by atoms with E-state index < -0.39 is 0 Å². The first kappa shape index (κ1) is 25.4. The molecule has 37 heavy (non-hydrogen) atoms. The first-order chi connectivity index (χ1) is 17.4. The topological polar surface area (TPSA) is 80.9 Å². The van der Waals surface area contributed by atoms with Gasteiger partial charge >= 0.3 is 0 Å². The molecule has 9 heteroatoms. The average Bonchev–Trinajstić information content (AvgIpc) is 3.08. The van der Waals surface area contributed by atoms with Crippen molar-refractivity contribution in [2.45, 2.75) is 65.5 Å². The van der Waals surface area contributed by atoms with Crippen LogP contribution in [-0.4, -0.2) is 42.8 Å². The number of halogens is 1. The molecule has 8 nitrogen and oxygen atoms in total. The molecule has 0 unspecified atom stereocenters. The lowest BCUT2D eigenvalue weighted by Crippen LogP contribution is -2.40. The van der Waals surface area contributed by atoms with Gasteiger partial charge in [-0.15, -0.1) is 0 Å². The van der Waals surface area contributed by atoms with E-state index in [1.165, 1.54) is 11.1 Å². The van der Waals surface area contributed by atoms with E-state index in [0.29, 0.717) is 23.5 Å². The minimum Gasteiger partial charge on any atom is -0.324 e. The highest BCUT2D eigenvalue weighted by Gasteiger charge is 2.32. The van der Waals surface area contributed by atoms with E-state index in [0.717, 1.165) is 35.2 Å². The van der Waals surface area contributed by atoms with Crippen LogP contribution >= 0.6 is 11.6 Å². The van der Waals surface area contributed by atoms with Crippen LogP contribution in [0.15, 0.2) is 41.5 Å². The number of hydrogen-bond donors (Lipinski definition) is 1. The van der Waals surface area contributed by atoms with Crippen LogP contribution in [-0.2, 0) is 23.9 Å². The maximum atomic E-state index is 13.2. The quantitative estimate of drug-likeness (QED) is 0.388. The van der Waals surface area contributed by atoms with Gasteiger partial charge in [-0.2, -0.15) is 4.98 Å². The first-order valence-electron chi connectivity index (χ1n) is 12.6. The third-order valence-electron chi connectivity index (χ3n) is 6.94. The van der Waals surface area contributed by atoms with Gasteiger partial charge in [0.2, 0.25) is 5.95 Å². The molecular weight excluding hydrogens is 486 g/mol. The van der Waals surface area contributed by atoms with Crippen LogP contribution in [0.5, 0.6) is 0 Å². The maximum absolute atomic E-state index is 13.2. The number of aromatic nitrogens is 5. The summed E-state index contributed by atoms with van der Waals surface area (Å²) in [6, 6.07) is 7.97. The molecule has 5 rings (SSSR count). The molecule has 0 saturated carbocycles. The number of hydrogen-bond acceptors (Lipinski definition) is 6. The van der Waals surface area contributed by atoms with Gasteiger partial charge in [-0.3, -0.25) is 9.78 Å². The molecule has 1 aliphatic heterocycles. The second-order valence-corrected chi connectivity index (χ2v) is 12.0. The Bertz CT molecular complexity index is 1560. The largest absolute Gasteiger partial charge is 0.324 e. The number of anilines is 2. The fourth-order valence-electron chi connectivity index (χ4n) is 5.45.